The zero-order valence-corrected chi connectivity index (χ0v) is 12.4. The van der Waals surface area contributed by atoms with Crippen LogP contribution in [0, 0.1) is 6.92 Å². The minimum atomic E-state index is -0.459. The van der Waals surface area contributed by atoms with E-state index in [9.17, 15) is 4.79 Å². The first-order valence-corrected chi connectivity index (χ1v) is 6.93. The second-order valence-electron chi connectivity index (χ2n) is 4.63. The van der Waals surface area contributed by atoms with Crippen LogP contribution in [-0.2, 0) is 0 Å². The Morgan fingerprint density at radius 3 is 2.91 bits per heavy atom. The Balaban J connectivity index is 1.80. The molecule has 2 aromatic heterocycles. The SMILES string of the molecule is Cc1ccccc1C=NNC(=O)c1nnc2c(Cl)cccn12. The van der Waals surface area contributed by atoms with E-state index in [1.54, 1.807) is 24.5 Å². The highest BCUT2D eigenvalue weighted by Gasteiger charge is 2.14. The van der Waals surface area contributed by atoms with Gasteiger partial charge in [-0.1, -0.05) is 35.9 Å². The lowest BCUT2D eigenvalue weighted by Gasteiger charge is -2.00. The molecule has 6 nitrogen and oxygen atoms in total. The van der Waals surface area contributed by atoms with Crippen LogP contribution in [0.1, 0.15) is 21.7 Å². The number of halogens is 1. The van der Waals surface area contributed by atoms with Crippen molar-refractivity contribution < 1.29 is 4.79 Å². The van der Waals surface area contributed by atoms with Gasteiger partial charge in [-0.2, -0.15) is 5.10 Å². The predicted molar refractivity (Wildman–Crippen MR) is 84.2 cm³/mol. The van der Waals surface area contributed by atoms with Crippen LogP contribution in [0.4, 0.5) is 0 Å². The summed E-state index contributed by atoms with van der Waals surface area (Å²) in [5, 5.41) is 12.1. The highest BCUT2D eigenvalue weighted by molar-refractivity contribution is 6.33. The maximum Gasteiger partial charge on any atom is 0.309 e. The van der Waals surface area contributed by atoms with Crippen LogP contribution in [0.3, 0.4) is 0 Å². The summed E-state index contributed by atoms with van der Waals surface area (Å²) in [6.07, 6.45) is 3.25. The average molecular weight is 314 g/mol. The molecule has 0 aliphatic rings. The molecule has 1 amide bonds. The van der Waals surface area contributed by atoms with Crippen LogP contribution in [0.15, 0.2) is 47.7 Å². The van der Waals surface area contributed by atoms with E-state index in [-0.39, 0.29) is 5.82 Å². The monoisotopic (exact) mass is 313 g/mol. The number of benzene rings is 1. The molecule has 0 unspecified atom stereocenters. The van der Waals surface area contributed by atoms with Crippen molar-refractivity contribution in [3.63, 3.8) is 0 Å². The lowest BCUT2D eigenvalue weighted by atomic mass is 10.1. The molecular formula is C15H12ClN5O. The number of nitrogens with one attached hydrogen (secondary N) is 1. The molecule has 0 aliphatic heterocycles. The molecule has 3 rings (SSSR count). The summed E-state index contributed by atoms with van der Waals surface area (Å²) in [4.78, 5) is 12.1. The zero-order chi connectivity index (χ0) is 15.5. The number of pyridine rings is 1. The van der Waals surface area contributed by atoms with Crippen LogP contribution >= 0.6 is 11.6 Å². The summed E-state index contributed by atoms with van der Waals surface area (Å²) in [7, 11) is 0. The molecule has 1 aromatic carbocycles. The lowest BCUT2D eigenvalue weighted by molar-refractivity contribution is 0.0943. The van der Waals surface area contributed by atoms with Crippen LogP contribution in [-0.4, -0.2) is 26.7 Å². The molecule has 2 heterocycles. The smallest absolute Gasteiger partial charge is 0.277 e. The van der Waals surface area contributed by atoms with E-state index in [4.69, 9.17) is 11.6 Å². The van der Waals surface area contributed by atoms with Gasteiger partial charge >= 0.3 is 5.91 Å². The highest BCUT2D eigenvalue weighted by Crippen LogP contribution is 2.15. The van der Waals surface area contributed by atoms with Crippen molar-refractivity contribution in [1.29, 1.82) is 0 Å². The number of aromatic nitrogens is 3. The van der Waals surface area contributed by atoms with E-state index in [2.05, 4.69) is 20.7 Å². The van der Waals surface area contributed by atoms with E-state index in [1.165, 1.54) is 4.40 Å². The Labute approximate surface area is 131 Å². The maximum absolute atomic E-state index is 12.1. The fourth-order valence-electron chi connectivity index (χ4n) is 1.98. The third kappa shape index (κ3) is 2.68. The van der Waals surface area contributed by atoms with Crippen molar-refractivity contribution in [3.8, 4) is 0 Å². The van der Waals surface area contributed by atoms with Gasteiger partial charge in [-0.15, -0.1) is 10.2 Å². The number of rotatable bonds is 3. The standard InChI is InChI=1S/C15H12ClN5O/c1-10-5-2-3-6-11(10)9-17-20-15(22)14-19-18-13-12(16)7-4-8-21(13)14/h2-9H,1H3,(H,20,22). The molecule has 0 spiro atoms. The largest absolute Gasteiger partial charge is 0.309 e. The molecule has 0 atom stereocenters. The minimum absolute atomic E-state index is 0.124. The van der Waals surface area contributed by atoms with Gasteiger partial charge in [0.05, 0.1) is 11.2 Å². The minimum Gasteiger partial charge on any atom is -0.277 e. The van der Waals surface area contributed by atoms with E-state index in [0.29, 0.717) is 10.7 Å². The molecule has 1 N–H and O–H groups in total. The van der Waals surface area contributed by atoms with E-state index >= 15 is 0 Å². The highest BCUT2D eigenvalue weighted by atomic mass is 35.5. The fraction of sp³-hybridized carbons (Fsp3) is 0.0667. The van der Waals surface area contributed by atoms with Crippen molar-refractivity contribution in [3.05, 3.63) is 64.6 Å². The molecule has 0 radical (unpaired) electrons. The normalized spacial score (nSPS) is 11.2. The second kappa shape index (κ2) is 5.95. The summed E-state index contributed by atoms with van der Waals surface area (Å²) < 4.78 is 1.51. The van der Waals surface area contributed by atoms with Crippen LogP contribution < -0.4 is 5.43 Å². The van der Waals surface area contributed by atoms with Crippen molar-refractivity contribution in [2.24, 2.45) is 5.10 Å². The molecule has 22 heavy (non-hydrogen) atoms. The Morgan fingerprint density at radius 1 is 1.27 bits per heavy atom. The molecule has 0 saturated heterocycles. The number of amides is 1. The van der Waals surface area contributed by atoms with Gasteiger partial charge in [0.25, 0.3) is 0 Å². The number of hydrogen-bond donors (Lipinski definition) is 1. The van der Waals surface area contributed by atoms with Crippen molar-refractivity contribution in [2.75, 3.05) is 0 Å². The summed E-state index contributed by atoms with van der Waals surface area (Å²) in [6, 6.07) is 11.1. The van der Waals surface area contributed by atoms with Crippen LogP contribution in [0.25, 0.3) is 5.65 Å². The van der Waals surface area contributed by atoms with Gasteiger partial charge in [-0.3, -0.25) is 9.20 Å². The Hall–Kier alpha value is -2.73. The van der Waals surface area contributed by atoms with Crippen molar-refractivity contribution >= 4 is 29.4 Å². The quantitative estimate of drug-likeness (QED) is 0.596. The summed E-state index contributed by atoms with van der Waals surface area (Å²) in [5.74, 6) is -0.334. The first-order valence-electron chi connectivity index (χ1n) is 6.55. The summed E-state index contributed by atoms with van der Waals surface area (Å²) in [5.41, 5.74) is 4.86. The molecular weight excluding hydrogens is 302 g/mol. The Kier molecular flexibility index (Phi) is 3.84. The molecule has 0 saturated carbocycles. The second-order valence-corrected chi connectivity index (χ2v) is 5.04. The van der Waals surface area contributed by atoms with Crippen molar-refractivity contribution in [1.82, 2.24) is 20.0 Å². The first-order chi connectivity index (χ1) is 10.7. The van der Waals surface area contributed by atoms with Gasteiger partial charge in [0.2, 0.25) is 5.82 Å². The van der Waals surface area contributed by atoms with Gasteiger partial charge in [-0.25, -0.2) is 5.43 Å². The van der Waals surface area contributed by atoms with Gasteiger partial charge in [0, 0.05) is 6.20 Å². The molecule has 110 valence electrons. The van der Waals surface area contributed by atoms with Gasteiger partial charge in [0.1, 0.15) is 0 Å². The molecule has 0 fully saturated rings. The molecule has 7 heteroatoms. The maximum atomic E-state index is 12.1. The van der Waals surface area contributed by atoms with E-state index in [0.717, 1.165) is 11.1 Å². The van der Waals surface area contributed by atoms with Crippen LogP contribution in [0.5, 0.6) is 0 Å². The van der Waals surface area contributed by atoms with Gasteiger partial charge in [-0.05, 0) is 30.2 Å². The fourth-order valence-corrected chi connectivity index (χ4v) is 2.18. The first kappa shape index (κ1) is 14.2. The van der Waals surface area contributed by atoms with Gasteiger partial charge in [0.15, 0.2) is 5.65 Å². The number of hydrogen-bond acceptors (Lipinski definition) is 4. The van der Waals surface area contributed by atoms with Gasteiger partial charge < -0.3 is 0 Å². The summed E-state index contributed by atoms with van der Waals surface area (Å²) >= 11 is 5.99. The van der Waals surface area contributed by atoms with Crippen molar-refractivity contribution in [2.45, 2.75) is 6.92 Å². The Morgan fingerprint density at radius 2 is 2.09 bits per heavy atom. The average Bonchev–Trinajstić information content (AvgIpc) is 2.94. The predicted octanol–water partition coefficient (Wildman–Crippen LogP) is 2.46. The topological polar surface area (TPSA) is 71.7 Å². The number of aryl methyl sites for hydroxylation is 1. The third-order valence-electron chi connectivity index (χ3n) is 3.15. The number of carbonyl (C=O) groups excluding carboxylic acids is 1. The Bertz CT molecular complexity index is 871. The zero-order valence-electron chi connectivity index (χ0n) is 11.7. The van der Waals surface area contributed by atoms with Crippen LogP contribution in [0.2, 0.25) is 5.02 Å². The van der Waals surface area contributed by atoms with E-state index < -0.39 is 5.91 Å². The number of nitrogens with zero attached hydrogens (tertiary/aromatic N) is 4. The lowest BCUT2D eigenvalue weighted by Crippen LogP contribution is -2.20. The summed E-state index contributed by atoms with van der Waals surface area (Å²) in [6.45, 7) is 1.97. The molecule has 3 aromatic rings. The number of hydrazone groups is 1. The third-order valence-corrected chi connectivity index (χ3v) is 3.44. The molecule has 0 bridgehead atoms. The number of carbonyl (C=O) groups is 1. The number of fused-ring (bicyclic) bond motifs is 1. The van der Waals surface area contributed by atoms with E-state index in [1.807, 2.05) is 31.2 Å². The molecule has 0 aliphatic carbocycles.